The van der Waals surface area contributed by atoms with E-state index in [1.165, 1.54) is 83.6 Å². The van der Waals surface area contributed by atoms with Crippen LogP contribution in [0, 0.1) is 11.8 Å². The van der Waals surface area contributed by atoms with E-state index in [2.05, 4.69) is 36.0 Å². The number of likely N-dealkylation sites (tertiary alicyclic amines) is 2. The molecule has 0 radical (unpaired) electrons. The van der Waals surface area contributed by atoms with Crippen LogP contribution in [0.15, 0.2) is 22.3 Å². The Bertz CT molecular complexity index is 829. The van der Waals surface area contributed by atoms with Crippen LogP contribution < -0.4 is 5.32 Å². The first kappa shape index (κ1) is 24.6. The van der Waals surface area contributed by atoms with Gasteiger partial charge in [0.15, 0.2) is 0 Å². The van der Waals surface area contributed by atoms with Crippen molar-refractivity contribution in [2.24, 2.45) is 11.8 Å². The molecule has 34 heavy (non-hydrogen) atoms. The topological polar surface area (TPSA) is 35.6 Å². The number of carbonyl (C=O) groups is 1. The zero-order chi connectivity index (χ0) is 23.8. The van der Waals surface area contributed by atoms with Gasteiger partial charge in [-0.25, -0.2) is 0 Å². The Hall–Kier alpha value is -1.13. The van der Waals surface area contributed by atoms with Crippen molar-refractivity contribution in [1.82, 2.24) is 15.1 Å². The maximum Gasteiger partial charge on any atom is 0.219 e. The lowest BCUT2D eigenvalue weighted by Crippen LogP contribution is -2.48. The first-order valence-corrected chi connectivity index (χ1v) is 14.5. The number of hydrogen-bond donors (Lipinski definition) is 1. The van der Waals surface area contributed by atoms with Crippen molar-refractivity contribution in [1.29, 1.82) is 0 Å². The van der Waals surface area contributed by atoms with Gasteiger partial charge >= 0.3 is 0 Å². The van der Waals surface area contributed by atoms with Crippen molar-refractivity contribution in [2.75, 3.05) is 20.1 Å². The van der Waals surface area contributed by atoms with Crippen LogP contribution in [0.5, 0.6) is 0 Å². The minimum Gasteiger partial charge on any atom is -0.336 e. The van der Waals surface area contributed by atoms with E-state index in [4.69, 9.17) is 0 Å². The van der Waals surface area contributed by atoms with Crippen LogP contribution in [0.1, 0.15) is 104 Å². The van der Waals surface area contributed by atoms with Crippen LogP contribution in [-0.4, -0.2) is 60.0 Å². The SMILES string of the molecule is CC(=O)N1CCCC2=C(C[C@H]3CCC[C@H](CC4=C5CCCN(C)[C@H]5C[C@H](C)C4)N3)C[C@H](C)C[C@@H]21. The van der Waals surface area contributed by atoms with E-state index >= 15 is 0 Å². The number of fused-ring (bicyclic) bond motifs is 2. The van der Waals surface area contributed by atoms with Gasteiger partial charge in [0.25, 0.3) is 0 Å². The second-order valence-electron chi connectivity index (χ2n) is 12.7. The van der Waals surface area contributed by atoms with Crippen LogP contribution in [0.4, 0.5) is 0 Å². The molecule has 5 aliphatic rings. The molecule has 0 bridgehead atoms. The first-order chi connectivity index (χ1) is 16.4. The molecule has 190 valence electrons. The molecule has 0 aromatic heterocycles. The molecule has 3 heterocycles. The smallest absolute Gasteiger partial charge is 0.219 e. The third-order valence-electron chi connectivity index (χ3n) is 9.83. The number of rotatable bonds is 4. The molecular weight excluding hydrogens is 418 g/mol. The van der Waals surface area contributed by atoms with Gasteiger partial charge in [0.2, 0.25) is 5.91 Å². The van der Waals surface area contributed by atoms with Crippen molar-refractivity contribution in [3.8, 4) is 0 Å². The van der Waals surface area contributed by atoms with Crippen LogP contribution in [-0.2, 0) is 4.79 Å². The molecular formula is C30H49N3O. The number of hydrogen-bond acceptors (Lipinski definition) is 3. The van der Waals surface area contributed by atoms with Gasteiger partial charge in [-0.3, -0.25) is 9.69 Å². The van der Waals surface area contributed by atoms with E-state index < -0.39 is 0 Å². The number of likely N-dealkylation sites (N-methyl/N-ethyl adjacent to an activating group) is 1. The van der Waals surface area contributed by atoms with E-state index in [1.54, 1.807) is 18.1 Å². The minimum absolute atomic E-state index is 0.273. The molecule has 3 aliphatic heterocycles. The third-order valence-corrected chi connectivity index (χ3v) is 9.83. The highest BCUT2D eigenvalue weighted by Crippen LogP contribution is 2.42. The van der Waals surface area contributed by atoms with E-state index in [0.29, 0.717) is 24.0 Å². The molecule has 4 nitrogen and oxygen atoms in total. The fourth-order valence-corrected chi connectivity index (χ4v) is 8.34. The van der Waals surface area contributed by atoms with Gasteiger partial charge in [-0.15, -0.1) is 0 Å². The van der Waals surface area contributed by atoms with E-state index in [0.717, 1.165) is 24.9 Å². The van der Waals surface area contributed by atoms with Gasteiger partial charge in [0.05, 0.1) is 6.04 Å². The minimum atomic E-state index is 0.273. The van der Waals surface area contributed by atoms with Gasteiger partial charge < -0.3 is 10.2 Å². The molecule has 3 saturated heterocycles. The molecule has 0 unspecified atom stereocenters. The summed E-state index contributed by atoms with van der Waals surface area (Å²) in [5, 5.41) is 4.15. The highest BCUT2D eigenvalue weighted by molar-refractivity contribution is 5.74. The maximum atomic E-state index is 12.3. The normalized spacial score (nSPS) is 37.5. The van der Waals surface area contributed by atoms with E-state index in [-0.39, 0.29) is 5.91 Å². The summed E-state index contributed by atoms with van der Waals surface area (Å²) in [6.07, 6.45) is 16.7. The molecule has 0 aromatic rings. The highest BCUT2D eigenvalue weighted by Gasteiger charge is 2.37. The summed E-state index contributed by atoms with van der Waals surface area (Å²) in [4.78, 5) is 17.1. The Balaban J connectivity index is 1.28. The quantitative estimate of drug-likeness (QED) is 0.528. The molecule has 0 spiro atoms. The predicted molar refractivity (Wildman–Crippen MR) is 141 cm³/mol. The largest absolute Gasteiger partial charge is 0.336 e. The lowest BCUT2D eigenvalue weighted by Gasteiger charge is -2.44. The zero-order valence-corrected chi connectivity index (χ0v) is 22.4. The standard InChI is InChI=1S/C30H49N3O/c1-20-14-23(27-10-6-12-32(4)29(27)16-20)18-25-8-5-9-26(31-25)19-24-15-21(2)17-30-28(24)11-7-13-33(30)22(3)34/h20-21,25-26,29-31H,5-19H2,1-4H3/t20-,21+,25-,26-,29+,30+/m1/s1. The lowest BCUT2D eigenvalue weighted by atomic mass is 9.74. The predicted octanol–water partition coefficient (Wildman–Crippen LogP) is 5.84. The van der Waals surface area contributed by atoms with Crippen molar-refractivity contribution >= 4 is 5.91 Å². The summed E-state index contributed by atoms with van der Waals surface area (Å²) < 4.78 is 0. The number of amides is 1. The van der Waals surface area contributed by atoms with Crippen molar-refractivity contribution < 1.29 is 4.79 Å². The third kappa shape index (κ3) is 5.19. The molecule has 1 amide bonds. The average molecular weight is 468 g/mol. The molecule has 1 N–H and O–H groups in total. The summed E-state index contributed by atoms with van der Waals surface area (Å²) in [7, 11) is 2.35. The molecule has 6 atom stereocenters. The summed E-state index contributed by atoms with van der Waals surface area (Å²) in [6, 6.07) is 2.38. The highest BCUT2D eigenvalue weighted by atomic mass is 16.2. The summed E-state index contributed by atoms with van der Waals surface area (Å²) in [5.41, 5.74) is 6.97. The van der Waals surface area contributed by atoms with Gasteiger partial charge in [-0.2, -0.15) is 0 Å². The monoisotopic (exact) mass is 467 g/mol. The van der Waals surface area contributed by atoms with E-state index in [9.17, 15) is 4.79 Å². The zero-order valence-electron chi connectivity index (χ0n) is 22.4. The van der Waals surface area contributed by atoms with Gasteiger partial charge in [0, 0.05) is 31.6 Å². The van der Waals surface area contributed by atoms with Crippen molar-refractivity contribution in [2.45, 2.75) is 128 Å². The fourth-order valence-electron chi connectivity index (χ4n) is 8.34. The summed E-state index contributed by atoms with van der Waals surface area (Å²) in [5.74, 6) is 1.79. The number of carbonyl (C=O) groups excluding carboxylic acids is 1. The van der Waals surface area contributed by atoms with Crippen LogP contribution >= 0.6 is 0 Å². The Labute approximate surface area is 208 Å². The van der Waals surface area contributed by atoms with Crippen LogP contribution in [0.2, 0.25) is 0 Å². The van der Waals surface area contributed by atoms with Crippen LogP contribution in [0.3, 0.4) is 0 Å². The number of piperidine rings is 3. The van der Waals surface area contributed by atoms with Crippen molar-refractivity contribution in [3.63, 3.8) is 0 Å². The Morgan fingerprint density at radius 3 is 2.03 bits per heavy atom. The Morgan fingerprint density at radius 2 is 1.41 bits per heavy atom. The summed E-state index contributed by atoms with van der Waals surface area (Å²) in [6.45, 7) is 8.87. The molecule has 0 aromatic carbocycles. The van der Waals surface area contributed by atoms with Gasteiger partial charge in [-0.05, 0) is 108 Å². The molecule has 0 saturated carbocycles. The van der Waals surface area contributed by atoms with Crippen molar-refractivity contribution in [3.05, 3.63) is 22.3 Å². The maximum absolute atomic E-state index is 12.3. The van der Waals surface area contributed by atoms with Gasteiger partial charge in [0.1, 0.15) is 0 Å². The summed E-state index contributed by atoms with van der Waals surface area (Å²) >= 11 is 0. The molecule has 2 aliphatic carbocycles. The second-order valence-corrected chi connectivity index (χ2v) is 12.7. The molecule has 3 fully saturated rings. The number of nitrogens with zero attached hydrogens (tertiary/aromatic N) is 2. The average Bonchev–Trinajstić information content (AvgIpc) is 2.79. The van der Waals surface area contributed by atoms with Gasteiger partial charge in [-0.1, -0.05) is 37.0 Å². The molecule has 5 rings (SSSR count). The lowest BCUT2D eigenvalue weighted by molar-refractivity contribution is -0.131. The fraction of sp³-hybridized carbons (Fsp3) is 0.833. The molecule has 4 heteroatoms. The Morgan fingerprint density at radius 1 is 0.853 bits per heavy atom. The van der Waals surface area contributed by atoms with Crippen LogP contribution in [0.25, 0.3) is 0 Å². The number of nitrogens with one attached hydrogen (secondary N) is 1. The second kappa shape index (κ2) is 10.5. The Kier molecular flexibility index (Phi) is 7.56. The van der Waals surface area contributed by atoms with E-state index in [1.807, 2.05) is 11.1 Å². The first-order valence-electron chi connectivity index (χ1n) is 14.5.